The Balaban J connectivity index is 1.66. The molecule has 0 N–H and O–H groups in total. The van der Waals surface area contributed by atoms with Gasteiger partial charge in [-0.2, -0.15) is 0 Å². The average Bonchev–Trinajstić information content (AvgIpc) is 3.78. The van der Waals surface area contributed by atoms with Crippen molar-refractivity contribution in [3.05, 3.63) is 146 Å². The van der Waals surface area contributed by atoms with Crippen molar-refractivity contribution in [1.29, 1.82) is 0 Å². The summed E-state index contributed by atoms with van der Waals surface area (Å²) in [5.74, 6) is 0. The summed E-state index contributed by atoms with van der Waals surface area (Å²) in [4.78, 5) is 4.90. The summed E-state index contributed by atoms with van der Waals surface area (Å²) in [7, 11) is 0. The molecule has 4 heterocycles. The second-order valence-corrected chi connectivity index (χ2v) is 11.2. The number of fused-ring (bicyclic) bond motifs is 15. The number of nitrogens with zero attached hydrogens (tertiary/aromatic N) is 4. The van der Waals surface area contributed by atoms with E-state index in [1.807, 2.05) is 6.20 Å². The van der Waals surface area contributed by atoms with Crippen molar-refractivity contribution >= 4 is 70.9 Å². The zero-order chi connectivity index (χ0) is 28.1. The minimum atomic E-state index is 0.975. The Morgan fingerprint density at radius 1 is 0.395 bits per heavy atom. The van der Waals surface area contributed by atoms with Crippen LogP contribution in [0.15, 0.2) is 146 Å². The normalized spacial score (nSPS) is 12.2. The Morgan fingerprint density at radius 2 is 0.837 bits per heavy atom. The Hall–Kier alpha value is -5.87. The zero-order valence-electron chi connectivity index (χ0n) is 23.1. The predicted molar refractivity (Wildman–Crippen MR) is 179 cm³/mol. The lowest BCUT2D eigenvalue weighted by atomic mass is 9.98. The van der Waals surface area contributed by atoms with Crippen LogP contribution in [0.2, 0.25) is 0 Å². The van der Waals surface area contributed by atoms with Gasteiger partial charge in [-0.1, -0.05) is 97.1 Å². The van der Waals surface area contributed by atoms with Crippen molar-refractivity contribution in [2.75, 3.05) is 0 Å². The van der Waals surface area contributed by atoms with E-state index < -0.39 is 0 Å². The summed E-state index contributed by atoms with van der Waals surface area (Å²) in [6.07, 6.45) is 4.06. The van der Waals surface area contributed by atoms with Gasteiger partial charge < -0.3 is 9.13 Å². The van der Waals surface area contributed by atoms with Crippen molar-refractivity contribution in [2.24, 2.45) is 0 Å². The van der Waals surface area contributed by atoms with E-state index in [2.05, 4.69) is 153 Å². The van der Waals surface area contributed by atoms with Crippen LogP contribution in [0, 0.1) is 0 Å². The largest absolute Gasteiger partial charge is 0.308 e. The van der Waals surface area contributed by atoms with Gasteiger partial charge in [-0.05, 0) is 41.8 Å². The van der Waals surface area contributed by atoms with Crippen molar-refractivity contribution in [2.45, 2.75) is 0 Å². The first kappa shape index (κ1) is 22.8. The van der Waals surface area contributed by atoms with Gasteiger partial charge in [0, 0.05) is 56.1 Å². The molecule has 0 atom stereocenters. The Morgan fingerprint density at radius 3 is 1.42 bits per heavy atom. The van der Waals surface area contributed by atoms with Crippen LogP contribution in [0.5, 0.6) is 0 Å². The highest BCUT2D eigenvalue weighted by atomic mass is 15.0. The number of aromatic nitrogens is 4. The molecule has 0 unspecified atom stereocenters. The van der Waals surface area contributed by atoms with Gasteiger partial charge in [0.1, 0.15) is 5.65 Å². The minimum absolute atomic E-state index is 0.975. The van der Waals surface area contributed by atoms with Crippen molar-refractivity contribution in [1.82, 2.24) is 18.5 Å². The number of benzene rings is 6. The van der Waals surface area contributed by atoms with E-state index in [4.69, 9.17) is 4.98 Å². The van der Waals surface area contributed by atoms with Gasteiger partial charge >= 0.3 is 0 Å². The van der Waals surface area contributed by atoms with Gasteiger partial charge in [0.25, 0.3) is 0 Å². The molecule has 43 heavy (non-hydrogen) atoms. The van der Waals surface area contributed by atoms with E-state index in [-0.39, 0.29) is 0 Å². The van der Waals surface area contributed by atoms with Crippen LogP contribution in [-0.2, 0) is 0 Å². The Labute approximate surface area is 246 Å². The summed E-state index contributed by atoms with van der Waals surface area (Å²) in [6.45, 7) is 0. The molecular weight excluding hydrogens is 524 g/mol. The highest BCUT2D eigenvalue weighted by Crippen LogP contribution is 2.48. The number of rotatable bonds is 2. The lowest BCUT2D eigenvalue weighted by Crippen LogP contribution is -1.99. The fourth-order valence-electron chi connectivity index (χ4n) is 7.44. The van der Waals surface area contributed by atoms with Gasteiger partial charge in [0.05, 0.1) is 27.6 Å². The number of hydrogen-bond acceptors (Lipinski definition) is 1. The fraction of sp³-hybridized carbons (Fsp3) is 0. The molecule has 0 amide bonds. The van der Waals surface area contributed by atoms with Gasteiger partial charge in [0.2, 0.25) is 0 Å². The average molecular weight is 549 g/mol. The molecule has 0 aliphatic rings. The first-order valence-corrected chi connectivity index (χ1v) is 14.7. The summed E-state index contributed by atoms with van der Waals surface area (Å²) < 4.78 is 7.25. The molecule has 0 saturated carbocycles. The molecule has 0 bridgehead atoms. The van der Waals surface area contributed by atoms with Gasteiger partial charge in [-0.15, -0.1) is 0 Å². The predicted octanol–water partition coefficient (Wildman–Crippen LogP) is 9.83. The monoisotopic (exact) mass is 548 g/mol. The maximum Gasteiger partial charge on any atom is 0.145 e. The van der Waals surface area contributed by atoms with E-state index in [0.717, 1.165) is 22.4 Å². The van der Waals surface area contributed by atoms with Crippen LogP contribution in [-0.4, -0.2) is 18.5 Å². The maximum absolute atomic E-state index is 4.90. The summed E-state index contributed by atoms with van der Waals surface area (Å²) in [6, 6.07) is 48.0. The van der Waals surface area contributed by atoms with Crippen molar-refractivity contribution in [3.63, 3.8) is 0 Å². The van der Waals surface area contributed by atoms with Crippen molar-refractivity contribution in [3.8, 4) is 11.4 Å². The second-order valence-electron chi connectivity index (χ2n) is 11.2. The molecule has 0 radical (unpaired) electrons. The molecule has 200 valence electrons. The third kappa shape index (κ3) is 2.87. The molecule has 0 aliphatic heterocycles. The van der Waals surface area contributed by atoms with Crippen LogP contribution < -0.4 is 0 Å². The minimum Gasteiger partial charge on any atom is -0.308 e. The first-order chi connectivity index (χ1) is 21.4. The van der Waals surface area contributed by atoms with E-state index in [1.54, 1.807) is 0 Å². The fourth-order valence-corrected chi connectivity index (χ4v) is 7.44. The lowest BCUT2D eigenvalue weighted by Gasteiger charge is -2.16. The third-order valence-corrected chi connectivity index (χ3v) is 9.04. The SMILES string of the molecule is c1ccc(-n2c3ccccc3c3c2c2c4ccccc4c4nccn4c2c2c4ccccc4n(-c4ccccc4)c32)cc1. The number of hydrogen-bond donors (Lipinski definition) is 0. The van der Waals surface area contributed by atoms with Crippen LogP contribution >= 0.6 is 0 Å². The van der Waals surface area contributed by atoms with Crippen LogP contribution in [0.4, 0.5) is 0 Å². The highest BCUT2D eigenvalue weighted by molar-refractivity contribution is 6.40. The maximum atomic E-state index is 4.90. The van der Waals surface area contributed by atoms with E-state index in [0.29, 0.717) is 0 Å². The quantitative estimate of drug-likeness (QED) is 0.198. The van der Waals surface area contributed by atoms with E-state index in [1.165, 1.54) is 59.9 Å². The molecule has 0 spiro atoms. The number of imidazole rings is 1. The molecule has 4 heteroatoms. The first-order valence-electron chi connectivity index (χ1n) is 14.7. The van der Waals surface area contributed by atoms with Crippen LogP contribution in [0.3, 0.4) is 0 Å². The smallest absolute Gasteiger partial charge is 0.145 e. The molecule has 0 fully saturated rings. The molecule has 0 saturated heterocycles. The molecule has 4 aromatic heterocycles. The van der Waals surface area contributed by atoms with Gasteiger partial charge in [-0.3, -0.25) is 4.40 Å². The van der Waals surface area contributed by atoms with Crippen LogP contribution in [0.1, 0.15) is 0 Å². The molecular formula is C39H24N4. The summed E-state index contributed by atoms with van der Waals surface area (Å²) in [5.41, 5.74) is 9.25. The highest BCUT2D eigenvalue weighted by Gasteiger charge is 2.27. The molecule has 0 aliphatic carbocycles. The molecule has 6 aromatic carbocycles. The summed E-state index contributed by atoms with van der Waals surface area (Å²) in [5, 5.41) is 8.56. The lowest BCUT2D eigenvalue weighted by molar-refractivity contribution is 1.18. The number of para-hydroxylation sites is 4. The Kier molecular flexibility index (Phi) is 4.42. The van der Waals surface area contributed by atoms with E-state index in [9.17, 15) is 0 Å². The molecule has 10 aromatic rings. The summed E-state index contributed by atoms with van der Waals surface area (Å²) >= 11 is 0. The standard InChI is InChI=1S/C39H24N4/c1-3-13-25(14-4-1)42-32-22-12-10-20-30(32)35-37(42)33-27-17-7-8-18-28(27)39-40-23-24-41(39)36(33)34-29-19-9-11-21-31(29)43(38(34)35)26-15-5-2-6-16-26/h1-24H. The molecule has 4 nitrogen and oxygen atoms in total. The zero-order valence-corrected chi connectivity index (χ0v) is 23.1. The van der Waals surface area contributed by atoms with Crippen LogP contribution in [0.25, 0.3) is 82.3 Å². The van der Waals surface area contributed by atoms with Gasteiger partial charge in [0.15, 0.2) is 0 Å². The van der Waals surface area contributed by atoms with Crippen molar-refractivity contribution < 1.29 is 0 Å². The topological polar surface area (TPSA) is 27.2 Å². The molecule has 10 rings (SSSR count). The van der Waals surface area contributed by atoms with E-state index >= 15 is 0 Å². The Bertz CT molecular complexity index is 2710. The third-order valence-electron chi connectivity index (χ3n) is 9.04. The van der Waals surface area contributed by atoms with Gasteiger partial charge in [-0.25, -0.2) is 4.98 Å². The number of pyridine rings is 1. The second kappa shape index (κ2) is 8.34.